The van der Waals surface area contributed by atoms with Crippen LogP contribution in [0.3, 0.4) is 0 Å². The van der Waals surface area contributed by atoms with Gasteiger partial charge in [-0.3, -0.25) is 0 Å². The van der Waals surface area contributed by atoms with Crippen LogP contribution in [0, 0.1) is 6.92 Å². The van der Waals surface area contributed by atoms with E-state index in [1.54, 1.807) is 6.20 Å². The topological polar surface area (TPSA) is 71.6 Å². The zero-order valence-corrected chi connectivity index (χ0v) is 10.8. The number of rotatable bonds is 4. The van der Waals surface area contributed by atoms with Gasteiger partial charge >= 0.3 is 0 Å². The average molecular weight is 251 g/mol. The van der Waals surface area contributed by atoms with Gasteiger partial charge in [-0.15, -0.1) is 0 Å². The lowest BCUT2D eigenvalue weighted by Gasteiger charge is -2.32. The van der Waals surface area contributed by atoms with Gasteiger partial charge in [-0.2, -0.15) is 0 Å². The van der Waals surface area contributed by atoms with Crippen molar-refractivity contribution in [2.24, 2.45) is 0 Å². The van der Waals surface area contributed by atoms with Crippen LogP contribution in [0.25, 0.3) is 0 Å². The molecule has 100 valence electrons. The van der Waals surface area contributed by atoms with E-state index in [-0.39, 0.29) is 12.7 Å². The highest BCUT2D eigenvalue weighted by atomic mass is 16.5. The Morgan fingerprint density at radius 3 is 2.83 bits per heavy atom. The van der Waals surface area contributed by atoms with E-state index in [2.05, 4.69) is 9.88 Å². The Hall–Kier alpha value is -1.33. The standard InChI is InChI=1S/C13H21N3O2/c1-10-8-13(15-9-12(10)14)16-4-2-11(3-5-16)18-7-6-17/h8-9,11,17H,2-7,14H2,1H3. The Morgan fingerprint density at radius 2 is 2.22 bits per heavy atom. The molecule has 3 N–H and O–H groups in total. The molecule has 0 amide bonds. The Labute approximate surface area is 108 Å². The molecule has 0 spiro atoms. The molecule has 2 heterocycles. The third-order valence-corrected chi connectivity index (χ3v) is 3.35. The van der Waals surface area contributed by atoms with Crippen LogP contribution in [0.5, 0.6) is 0 Å². The van der Waals surface area contributed by atoms with Gasteiger partial charge in [-0.25, -0.2) is 4.98 Å². The zero-order chi connectivity index (χ0) is 13.0. The molecule has 1 aromatic heterocycles. The molecule has 1 saturated heterocycles. The number of aliphatic hydroxyl groups excluding tert-OH is 1. The first-order chi connectivity index (χ1) is 8.70. The zero-order valence-electron chi connectivity index (χ0n) is 10.8. The third kappa shape index (κ3) is 3.11. The normalized spacial score (nSPS) is 17.1. The van der Waals surface area contributed by atoms with E-state index in [9.17, 15) is 0 Å². The fraction of sp³-hybridized carbons (Fsp3) is 0.615. The monoisotopic (exact) mass is 251 g/mol. The lowest BCUT2D eigenvalue weighted by atomic mass is 10.1. The van der Waals surface area contributed by atoms with Crippen molar-refractivity contribution in [2.75, 3.05) is 36.9 Å². The predicted octanol–water partition coefficient (Wildman–Crippen LogP) is 0.950. The smallest absolute Gasteiger partial charge is 0.128 e. The van der Waals surface area contributed by atoms with Crippen molar-refractivity contribution < 1.29 is 9.84 Å². The predicted molar refractivity (Wildman–Crippen MR) is 71.7 cm³/mol. The summed E-state index contributed by atoms with van der Waals surface area (Å²) in [4.78, 5) is 6.63. The SMILES string of the molecule is Cc1cc(N2CCC(OCCO)CC2)ncc1N. The summed E-state index contributed by atoms with van der Waals surface area (Å²) in [7, 11) is 0. The number of aliphatic hydroxyl groups is 1. The minimum absolute atomic E-state index is 0.0962. The van der Waals surface area contributed by atoms with E-state index in [1.807, 2.05) is 13.0 Å². The number of piperidine rings is 1. The van der Waals surface area contributed by atoms with Gasteiger partial charge in [0.05, 0.1) is 31.2 Å². The number of nitrogens with two attached hydrogens (primary N) is 1. The minimum atomic E-state index is 0.0962. The maximum atomic E-state index is 8.73. The highest BCUT2D eigenvalue weighted by Crippen LogP contribution is 2.22. The number of aryl methyl sites for hydroxylation is 1. The largest absolute Gasteiger partial charge is 0.397 e. The van der Waals surface area contributed by atoms with Crippen molar-refractivity contribution >= 4 is 11.5 Å². The van der Waals surface area contributed by atoms with Crippen molar-refractivity contribution in [3.63, 3.8) is 0 Å². The molecular weight excluding hydrogens is 230 g/mol. The maximum absolute atomic E-state index is 8.73. The highest BCUT2D eigenvalue weighted by molar-refractivity contribution is 5.52. The van der Waals surface area contributed by atoms with Crippen LogP contribution >= 0.6 is 0 Å². The number of anilines is 2. The fourth-order valence-corrected chi connectivity index (χ4v) is 2.20. The Balaban J connectivity index is 1.90. The first-order valence-corrected chi connectivity index (χ1v) is 6.40. The van der Waals surface area contributed by atoms with Crippen LogP contribution in [-0.4, -0.2) is 42.5 Å². The Morgan fingerprint density at radius 1 is 1.50 bits per heavy atom. The maximum Gasteiger partial charge on any atom is 0.128 e. The summed E-state index contributed by atoms with van der Waals surface area (Å²) in [5, 5.41) is 8.73. The molecule has 1 aromatic rings. The summed E-state index contributed by atoms with van der Waals surface area (Å²) in [6, 6.07) is 2.03. The second-order valence-corrected chi connectivity index (χ2v) is 4.68. The van der Waals surface area contributed by atoms with Gasteiger partial charge in [0.1, 0.15) is 5.82 Å². The molecular formula is C13H21N3O2. The minimum Gasteiger partial charge on any atom is -0.397 e. The van der Waals surface area contributed by atoms with Crippen molar-refractivity contribution in [1.82, 2.24) is 4.98 Å². The van der Waals surface area contributed by atoms with Crippen LogP contribution in [0.2, 0.25) is 0 Å². The first kappa shape index (κ1) is 13.1. The lowest BCUT2D eigenvalue weighted by molar-refractivity contribution is 0.0158. The lowest BCUT2D eigenvalue weighted by Crippen LogP contribution is -2.37. The number of hydrogen-bond donors (Lipinski definition) is 2. The van der Waals surface area contributed by atoms with E-state index in [0.717, 1.165) is 43.0 Å². The van der Waals surface area contributed by atoms with Crippen LogP contribution in [0.15, 0.2) is 12.3 Å². The van der Waals surface area contributed by atoms with Crippen molar-refractivity contribution in [2.45, 2.75) is 25.9 Å². The molecule has 0 saturated carbocycles. The number of pyridine rings is 1. The van der Waals surface area contributed by atoms with E-state index in [0.29, 0.717) is 6.61 Å². The van der Waals surface area contributed by atoms with Gasteiger partial charge in [0.2, 0.25) is 0 Å². The summed E-state index contributed by atoms with van der Waals surface area (Å²) in [5.41, 5.74) is 7.57. The molecule has 1 fully saturated rings. The van der Waals surface area contributed by atoms with E-state index >= 15 is 0 Å². The third-order valence-electron chi connectivity index (χ3n) is 3.35. The molecule has 5 nitrogen and oxygen atoms in total. The van der Waals surface area contributed by atoms with E-state index in [1.165, 1.54) is 0 Å². The molecule has 0 bridgehead atoms. The van der Waals surface area contributed by atoms with Gasteiger partial charge in [-0.05, 0) is 31.4 Å². The molecule has 0 aromatic carbocycles. The van der Waals surface area contributed by atoms with Gasteiger partial charge in [0.15, 0.2) is 0 Å². The summed E-state index contributed by atoms with van der Waals surface area (Å²) >= 11 is 0. The molecule has 0 aliphatic carbocycles. The number of ether oxygens (including phenoxy) is 1. The van der Waals surface area contributed by atoms with Gasteiger partial charge in [0.25, 0.3) is 0 Å². The molecule has 1 aliphatic rings. The quantitative estimate of drug-likeness (QED) is 0.833. The molecule has 0 unspecified atom stereocenters. The number of aromatic nitrogens is 1. The van der Waals surface area contributed by atoms with Crippen LogP contribution in [-0.2, 0) is 4.74 Å². The second kappa shape index (κ2) is 6.02. The molecule has 5 heteroatoms. The van der Waals surface area contributed by atoms with Gasteiger partial charge in [0, 0.05) is 13.1 Å². The van der Waals surface area contributed by atoms with E-state index < -0.39 is 0 Å². The van der Waals surface area contributed by atoms with Crippen molar-refractivity contribution in [3.8, 4) is 0 Å². The molecule has 0 atom stereocenters. The number of nitrogens with zero attached hydrogens (tertiary/aromatic N) is 2. The number of hydrogen-bond acceptors (Lipinski definition) is 5. The van der Waals surface area contributed by atoms with Crippen molar-refractivity contribution in [1.29, 1.82) is 0 Å². The van der Waals surface area contributed by atoms with Gasteiger partial charge < -0.3 is 20.5 Å². The molecule has 0 radical (unpaired) electrons. The second-order valence-electron chi connectivity index (χ2n) is 4.68. The molecule has 1 aliphatic heterocycles. The molecule has 18 heavy (non-hydrogen) atoms. The first-order valence-electron chi connectivity index (χ1n) is 6.40. The summed E-state index contributed by atoms with van der Waals surface area (Å²) in [6.45, 7) is 4.40. The van der Waals surface area contributed by atoms with Crippen LogP contribution in [0.4, 0.5) is 11.5 Å². The average Bonchev–Trinajstić information content (AvgIpc) is 2.40. The molecule has 2 rings (SSSR count). The summed E-state index contributed by atoms with van der Waals surface area (Å²) < 4.78 is 5.54. The summed E-state index contributed by atoms with van der Waals surface area (Å²) in [6.07, 6.45) is 3.94. The fourth-order valence-electron chi connectivity index (χ4n) is 2.20. The highest BCUT2D eigenvalue weighted by Gasteiger charge is 2.20. The van der Waals surface area contributed by atoms with E-state index in [4.69, 9.17) is 15.6 Å². The summed E-state index contributed by atoms with van der Waals surface area (Å²) in [5.74, 6) is 0.988. The number of nitrogen functional groups attached to an aromatic ring is 1. The Bertz CT molecular complexity index is 390. The van der Waals surface area contributed by atoms with Crippen LogP contribution in [0.1, 0.15) is 18.4 Å². The van der Waals surface area contributed by atoms with Crippen molar-refractivity contribution in [3.05, 3.63) is 17.8 Å². The Kier molecular flexibility index (Phi) is 4.38. The van der Waals surface area contributed by atoms with Crippen LogP contribution < -0.4 is 10.6 Å². The van der Waals surface area contributed by atoms with Gasteiger partial charge in [-0.1, -0.05) is 0 Å².